The summed E-state index contributed by atoms with van der Waals surface area (Å²) in [5, 5.41) is 3.88. The van der Waals surface area contributed by atoms with Crippen LogP contribution in [0.1, 0.15) is 5.82 Å². The number of hydrogen-bond donors (Lipinski definition) is 1. The Morgan fingerprint density at radius 1 is 1.39 bits per heavy atom. The normalized spacial score (nSPS) is 10.1. The molecule has 0 amide bonds. The van der Waals surface area contributed by atoms with Crippen LogP contribution < -0.4 is 5.32 Å². The number of hydrogen-bond acceptors (Lipinski definition) is 2. The number of nitrogens with zero attached hydrogens (tertiary/aromatic N) is 3. The van der Waals surface area contributed by atoms with Crippen LogP contribution in [0.2, 0.25) is 0 Å². The van der Waals surface area contributed by atoms with Gasteiger partial charge in [0.1, 0.15) is 5.82 Å². The SMILES string of the molecule is CN(Cc1nccn1C)C(=S)Nc1ccccc1. The van der Waals surface area contributed by atoms with Crippen molar-refractivity contribution in [2.75, 3.05) is 12.4 Å². The van der Waals surface area contributed by atoms with E-state index >= 15 is 0 Å². The monoisotopic (exact) mass is 260 g/mol. The third-order valence-electron chi connectivity index (χ3n) is 2.67. The molecule has 1 aromatic heterocycles. The van der Waals surface area contributed by atoms with E-state index in [0.29, 0.717) is 11.7 Å². The lowest BCUT2D eigenvalue weighted by atomic mass is 10.3. The Hall–Kier alpha value is -1.88. The van der Waals surface area contributed by atoms with Gasteiger partial charge in [0.25, 0.3) is 0 Å². The summed E-state index contributed by atoms with van der Waals surface area (Å²) in [7, 11) is 3.93. The minimum absolute atomic E-state index is 0.683. The number of benzene rings is 1. The highest BCUT2D eigenvalue weighted by molar-refractivity contribution is 7.80. The molecule has 0 radical (unpaired) electrons. The van der Waals surface area contributed by atoms with Gasteiger partial charge in [0, 0.05) is 32.2 Å². The number of imidazole rings is 1. The van der Waals surface area contributed by atoms with Crippen LogP contribution in [0.15, 0.2) is 42.7 Å². The molecule has 1 N–H and O–H groups in total. The summed E-state index contributed by atoms with van der Waals surface area (Å²) in [6, 6.07) is 9.90. The predicted octanol–water partition coefficient (Wildman–Crippen LogP) is 2.25. The molecule has 1 heterocycles. The molecule has 0 saturated carbocycles. The van der Waals surface area contributed by atoms with E-state index in [2.05, 4.69) is 10.3 Å². The molecule has 0 aliphatic rings. The van der Waals surface area contributed by atoms with Crippen molar-refractivity contribution in [2.24, 2.45) is 7.05 Å². The molecule has 2 rings (SSSR count). The molecule has 0 spiro atoms. The molecule has 1 aromatic carbocycles. The topological polar surface area (TPSA) is 33.1 Å². The van der Waals surface area contributed by atoms with Gasteiger partial charge in [0.05, 0.1) is 6.54 Å². The van der Waals surface area contributed by atoms with Gasteiger partial charge in [0.15, 0.2) is 5.11 Å². The second kappa shape index (κ2) is 5.64. The first-order valence-electron chi connectivity index (χ1n) is 5.70. The average Bonchev–Trinajstić information content (AvgIpc) is 2.76. The van der Waals surface area contributed by atoms with Crippen LogP contribution in [0.25, 0.3) is 0 Å². The smallest absolute Gasteiger partial charge is 0.173 e. The number of nitrogens with one attached hydrogen (secondary N) is 1. The van der Waals surface area contributed by atoms with Crippen LogP contribution in [0.5, 0.6) is 0 Å². The van der Waals surface area contributed by atoms with Crippen molar-refractivity contribution < 1.29 is 0 Å². The molecular formula is C13H16N4S. The zero-order valence-corrected chi connectivity index (χ0v) is 11.3. The van der Waals surface area contributed by atoms with Gasteiger partial charge in [-0.25, -0.2) is 4.98 Å². The molecule has 0 bridgehead atoms. The molecule has 18 heavy (non-hydrogen) atoms. The summed E-state index contributed by atoms with van der Waals surface area (Å²) in [6.07, 6.45) is 3.72. The largest absolute Gasteiger partial charge is 0.345 e. The van der Waals surface area contributed by atoms with E-state index in [1.807, 2.05) is 60.1 Å². The summed E-state index contributed by atoms with van der Waals surface area (Å²) in [5.74, 6) is 0.981. The van der Waals surface area contributed by atoms with Crippen molar-refractivity contribution in [3.63, 3.8) is 0 Å². The molecule has 0 fully saturated rings. The number of para-hydroxylation sites is 1. The predicted molar refractivity (Wildman–Crippen MR) is 77.3 cm³/mol. The first kappa shape index (κ1) is 12.6. The number of anilines is 1. The van der Waals surface area contributed by atoms with Crippen LogP contribution in [-0.4, -0.2) is 26.6 Å². The number of aryl methyl sites for hydroxylation is 1. The molecule has 0 aliphatic heterocycles. The van der Waals surface area contributed by atoms with Gasteiger partial charge in [-0.15, -0.1) is 0 Å². The van der Waals surface area contributed by atoms with E-state index in [0.717, 1.165) is 11.5 Å². The van der Waals surface area contributed by atoms with Gasteiger partial charge in [-0.1, -0.05) is 18.2 Å². The Morgan fingerprint density at radius 2 is 2.11 bits per heavy atom. The van der Waals surface area contributed by atoms with Crippen LogP contribution in [0.3, 0.4) is 0 Å². The molecule has 0 aliphatic carbocycles. The maximum atomic E-state index is 5.35. The molecule has 5 heteroatoms. The summed E-state index contributed by atoms with van der Waals surface area (Å²) < 4.78 is 1.99. The minimum atomic E-state index is 0.683. The Labute approximate surface area is 112 Å². The van der Waals surface area contributed by atoms with Crippen molar-refractivity contribution in [2.45, 2.75) is 6.54 Å². The van der Waals surface area contributed by atoms with Gasteiger partial charge in [-0.2, -0.15) is 0 Å². The molecule has 0 saturated heterocycles. The van der Waals surface area contributed by atoms with Gasteiger partial charge >= 0.3 is 0 Å². The lowest BCUT2D eigenvalue weighted by Crippen LogP contribution is -2.31. The second-order valence-corrected chi connectivity index (χ2v) is 4.49. The minimum Gasteiger partial charge on any atom is -0.345 e. The fourth-order valence-corrected chi connectivity index (χ4v) is 1.76. The molecular weight excluding hydrogens is 244 g/mol. The van der Waals surface area contributed by atoms with Crippen molar-refractivity contribution in [1.29, 1.82) is 0 Å². The lowest BCUT2D eigenvalue weighted by Gasteiger charge is -2.20. The van der Waals surface area contributed by atoms with Gasteiger partial charge < -0.3 is 14.8 Å². The van der Waals surface area contributed by atoms with Crippen molar-refractivity contribution in [3.05, 3.63) is 48.5 Å². The quantitative estimate of drug-likeness (QED) is 0.858. The maximum absolute atomic E-state index is 5.35. The highest BCUT2D eigenvalue weighted by atomic mass is 32.1. The number of aromatic nitrogens is 2. The third kappa shape index (κ3) is 3.07. The highest BCUT2D eigenvalue weighted by Gasteiger charge is 2.08. The van der Waals surface area contributed by atoms with E-state index in [-0.39, 0.29) is 0 Å². The van der Waals surface area contributed by atoms with E-state index in [1.54, 1.807) is 6.20 Å². The van der Waals surface area contributed by atoms with Crippen molar-refractivity contribution in [1.82, 2.24) is 14.5 Å². The van der Waals surface area contributed by atoms with Crippen LogP contribution in [0, 0.1) is 0 Å². The van der Waals surface area contributed by atoms with Crippen molar-refractivity contribution in [3.8, 4) is 0 Å². The van der Waals surface area contributed by atoms with Crippen LogP contribution in [-0.2, 0) is 13.6 Å². The molecule has 2 aromatic rings. The summed E-state index contributed by atoms with van der Waals surface area (Å²) in [6.45, 7) is 0.683. The molecule has 4 nitrogen and oxygen atoms in total. The van der Waals surface area contributed by atoms with Gasteiger partial charge in [0.2, 0.25) is 0 Å². The number of rotatable bonds is 3. The van der Waals surface area contributed by atoms with Crippen LogP contribution in [0.4, 0.5) is 5.69 Å². The number of thiocarbonyl (C=S) groups is 1. The van der Waals surface area contributed by atoms with E-state index < -0.39 is 0 Å². The Balaban J connectivity index is 1.95. The van der Waals surface area contributed by atoms with Crippen LogP contribution >= 0.6 is 12.2 Å². The summed E-state index contributed by atoms with van der Waals surface area (Å²) in [5.41, 5.74) is 0.995. The standard InChI is InChI=1S/C13H16N4S/c1-16-9-8-14-12(16)10-17(2)13(18)15-11-6-4-3-5-7-11/h3-9H,10H2,1-2H3,(H,15,18). The van der Waals surface area contributed by atoms with E-state index in [4.69, 9.17) is 12.2 Å². The van der Waals surface area contributed by atoms with E-state index in [1.165, 1.54) is 0 Å². The maximum Gasteiger partial charge on any atom is 0.173 e. The van der Waals surface area contributed by atoms with Crippen molar-refractivity contribution >= 4 is 23.0 Å². The summed E-state index contributed by atoms with van der Waals surface area (Å²) in [4.78, 5) is 6.24. The second-order valence-electron chi connectivity index (χ2n) is 4.11. The van der Waals surface area contributed by atoms with E-state index in [9.17, 15) is 0 Å². The third-order valence-corrected chi connectivity index (χ3v) is 3.09. The fourth-order valence-electron chi connectivity index (χ4n) is 1.57. The first-order chi connectivity index (χ1) is 8.66. The first-order valence-corrected chi connectivity index (χ1v) is 6.11. The average molecular weight is 260 g/mol. The highest BCUT2D eigenvalue weighted by Crippen LogP contribution is 2.07. The summed E-state index contributed by atoms with van der Waals surface area (Å²) >= 11 is 5.35. The Bertz CT molecular complexity index is 521. The molecule has 0 atom stereocenters. The van der Waals surface area contributed by atoms with Gasteiger partial charge in [-0.3, -0.25) is 0 Å². The Kier molecular flexibility index (Phi) is 3.94. The zero-order valence-electron chi connectivity index (χ0n) is 10.5. The fraction of sp³-hybridized carbons (Fsp3) is 0.231. The zero-order chi connectivity index (χ0) is 13.0. The molecule has 94 valence electrons. The Morgan fingerprint density at radius 3 is 2.72 bits per heavy atom. The van der Waals surface area contributed by atoms with Gasteiger partial charge in [-0.05, 0) is 24.4 Å². The lowest BCUT2D eigenvalue weighted by molar-refractivity contribution is 0.480. The molecule has 0 unspecified atom stereocenters.